The van der Waals surface area contributed by atoms with Crippen LogP contribution in [0.1, 0.15) is 5.56 Å². The Morgan fingerprint density at radius 3 is 3.05 bits per heavy atom. The van der Waals surface area contributed by atoms with Crippen LogP contribution in [0.5, 0.6) is 0 Å². The molecule has 0 saturated carbocycles. The summed E-state index contributed by atoms with van der Waals surface area (Å²) in [4.78, 5) is 6.50. The zero-order chi connectivity index (χ0) is 14.8. The van der Waals surface area contributed by atoms with Gasteiger partial charge in [-0.3, -0.25) is 4.90 Å². The van der Waals surface area contributed by atoms with Crippen LogP contribution in [-0.2, 0) is 9.84 Å². The second kappa shape index (κ2) is 4.37. The number of hydrogen-bond donors (Lipinski definition) is 1. The van der Waals surface area contributed by atoms with Crippen molar-refractivity contribution in [1.29, 1.82) is 0 Å². The number of nitrogens with zero attached hydrogens (tertiary/aromatic N) is 2. The molecule has 1 aromatic carbocycles. The average Bonchev–Trinajstić information content (AvgIpc) is 2.97. The molecule has 3 heterocycles. The van der Waals surface area contributed by atoms with Gasteiger partial charge in [0.1, 0.15) is 0 Å². The fraction of sp³-hybridized carbons (Fsp3) is 0.385. The lowest BCUT2D eigenvalue weighted by Crippen LogP contribution is -2.36. The SMILES string of the molecule is Cc1ccc2nc(N3C(=S)NC4CS(=O)(=O)CC43)sc2c1. The highest BCUT2D eigenvalue weighted by atomic mass is 32.2. The third kappa shape index (κ3) is 2.13. The number of sulfone groups is 1. The van der Waals surface area contributed by atoms with Crippen molar-refractivity contribution in [1.82, 2.24) is 10.3 Å². The number of nitrogens with one attached hydrogen (secondary N) is 1. The average molecular weight is 339 g/mol. The Bertz CT molecular complexity index is 859. The molecule has 0 bridgehead atoms. The Balaban J connectivity index is 1.78. The minimum absolute atomic E-state index is 0.115. The van der Waals surface area contributed by atoms with E-state index in [0.29, 0.717) is 5.11 Å². The van der Waals surface area contributed by atoms with Gasteiger partial charge in [-0.15, -0.1) is 0 Å². The smallest absolute Gasteiger partial charge is 0.193 e. The lowest BCUT2D eigenvalue weighted by atomic mass is 10.2. The summed E-state index contributed by atoms with van der Waals surface area (Å²) < 4.78 is 24.7. The molecule has 0 aliphatic carbocycles. The van der Waals surface area contributed by atoms with Crippen molar-refractivity contribution < 1.29 is 8.42 Å². The number of thiazole rings is 1. The van der Waals surface area contributed by atoms with E-state index in [2.05, 4.69) is 16.4 Å². The molecular weight excluding hydrogens is 326 g/mol. The first-order valence-electron chi connectivity index (χ1n) is 6.60. The van der Waals surface area contributed by atoms with Crippen LogP contribution in [0.2, 0.25) is 0 Å². The second-order valence-corrected chi connectivity index (χ2v) is 9.09. The lowest BCUT2D eigenvalue weighted by Gasteiger charge is -2.19. The number of fused-ring (bicyclic) bond motifs is 2. The molecule has 4 rings (SSSR count). The molecule has 21 heavy (non-hydrogen) atoms. The zero-order valence-electron chi connectivity index (χ0n) is 11.2. The van der Waals surface area contributed by atoms with Crippen molar-refractivity contribution in [3.8, 4) is 0 Å². The van der Waals surface area contributed by atoms with Crippen molar-refractivity contribution in [2.75, 3.05) is 16.4 Å². The van der Waals surface area contributed by atoms with E-state index in [-0.39, 0.29) is 23.6 Å². The quantitative estimate of drug-likeness (QED) is 0.794. The number of aryl methyl sites for hydroxylation is 1. The van der Waals surface area contributed by atoms with Gasteiger partial charge in [0.05, 0.1) is 33.8 Å². The van der Waals surface area contributed by atoms with Crippen LogP contribution in [0.3, 0.4) is 0 Å². The van der Waals surface area contributed by atoms with Gasteiger partial charge in [0.15, 0.2) is 20.1 Å². The van der Waals surface area contributed by atoms with Crippen molar-refractivity contribution in [3.63, 3.8) is 0 Å². The van der Waals surface area contributed by atoms with E-state index in [4.69, 9.17) is 12.2 Å². The topological polar surface area (TPSA) is 62.3 Å². The Morgan fingerprint density at radius 2 is 2.24 bits per heavy atom. The zero-order valence-corrected chi connectivity index (χ0v) is 13.7. The van der Waals surface area contributed by atoms with E-state index < -0.39 is 9.84 Å². The van der Waals surface area contributed by atoms with Crippen LogP contribution in [0.4, 0.5) is 5.13 Å². The maximum Gasteiger partial charge on any atom is 0.193 e. The molecule has 0 radical (unpaired) electrons. The van der Waals surface area contributed by atoms with Gasteiger partial charge in [0.2, 0.25) is 0 Å². The maximum atomic E-state index is 11.8. The molecule has 110 valence electrons. The molecule has 0 amide bonds. The summed E-state index contributed by atoms with van der Waals surface area (Å²) >= 11 is 6.92. The van der Waals surface area contributed by atoms with Crippen LogP contribution >= 0.6 is 23.6 Å². The number of anilines is 1. The third-order valence-electron chi connectivity index (χ3n) is 3.92. The summed E-state index contributed by atoms with van der Waals surface area (Å²) in [6.45, 7) is 2.04. The first-order chi connectivity index (χ1) is 9.93. The molecule has 2 aliphatic heterocycles. The molecule has 1 aromatic heterocycles. The molecule has 2 atom stereocenters. The molecule has 2 aromatic rings. The Kier molecular flexibility index (Phi) is 2.79. The largest absolute Gasteiger partial charge is 0.356 e. The highest BCUT2D eigenvalue weighted by molar-refractivity contribution is 7.91. The lowest BCUT2D eigenvalue weighted by molar-refractivity contribution is 0.600. The predicted molar refractivity (Wildman–Crippen MR) is 88.8 cm³/mol. The standard InChI is InChI=1S/C13H13N3O2S3/c1-7-2-3-8-11(4-7)20-13(15-8)16-10-6-21(17,18)5-9(10)14-12(16)19/h2-4,9-10H,5-6H2,1H3,(H,14,19). The summed E-state index contributed by atoms with van der Waals surface area (Å²) in [6.07, 6.45) is 0. The molecule has 2 fully saturated rings. The van der Waals surface area contributed by atoms with E-state index in [1.165, 1.54) is 5.56 Å². The van der Waals surface area contributed by atoms with Crippen LogP contribution in [0, 0.1) is 6.92 Å². The summed E-state index contributed by atoms with van der Waals surface area (Å²) in [5.41, 5.74) is 2.11. The Hall–Kier alpha value is -1.25. The summed E-state index contributed by atoms with van der Waals surface area (Å²) in [5.74, 6) is 0.290. The maximum absolute atomic E-state index is 11.8. The van der Waals surface area contributed by atoms with Gasteiger partial charge in [0, 0.05) is 0 Å². The highest BCUT2D eigenvalue weighted by Gasteiger charge is 2.48. The van der Waals surface area contributed by atoms with Gasteiger partial charge in [-0.05, 0) is 36.8 Å². The monoisotopic (exact) mass is 339 g/mol. The van der Waals surface area contributed by atoms with E-state index in [9.17, 15) is 8.42 Å². The molecule has 2 aliphatic rings. The van der Waals surface area contributed by atoms with Crippen molar-refractivity contribution >= 4 is 53.9 Å². The van der Waals surface area contributed by atoms with Crippen LogP contribution in [-0.4, -0.2) is 42.1 Å². The van der Waals surface area contributed by atoms with Gasteiger partial charge in [-0.1, -0.05) is 17.4 Å². The fourth-order valence-corrected chi connectivity index (χ4v) is 6.40. The molecular formula is C13H13N3O2S3. The van der Waals surface area contributed by atoms with Gasteiger partial charge >= 0.3 is 0 Å². The van der Waals surface area contributed by atoms with Crippen molar-refractivity contribution in [3.05, 3.63) is 23.8 Å². The van der Waals surface area contributed by atoms with Crippen LogP contribution in [0.25, 0.3) is 10.2 Å². The van der Waals surface area contributed by atoms with Gasteiger partial charge in [-0.25, -0.2) is 13.4 Å². The number of benzene rings is 1. The molecule has 0 spiro atoms. The van der Waals surface area contributed by atoms with Crippen molar-refractivity contribution in [2.45, 2.75) is 19.0 Å². The van der Waals surface area contributed by atoms with E-state index in [1.54, 1.807) is 11.3 Å². The summed E-state index contributed by atoms with van der Waals surface area (Å²) in [7, 11) is -2.99. The minimum Gasteiger partial charge on any atom is -0.356 e. The summed E-state index contributed by atoms with van der Waals surface area (Å²) in [6, 6.07) is 5.85. The van der Waals surface area contributed by atoms with E-state index in [0.717, 1.165) is 15.3 Å². The number of thiocarbonyl (C=S) groups is 1. The first-order valence-corrected chi connectivity index (χ1v) is 9.65. The predicted octanol–water partition coefficient (Wildman–Crippen LogP) is 1.46. The van der Waals surface area contributed by atoms with Gasteiger partial charge in [-0.2, -0.15) is 0 Å². The number of aromatic nitrogens is 1. The van der Waals surface area contributed by atoms with E-state index >= 15 is 0 Å². The molecule has 2 unspecified atom stereocenters. The first kappa shape index (κ1) is 13.4. The summed E-state index contributed by atoms with van der Waals surface area (Å²) in [5, 5.41) is 4.48. The highest BCUT2D eigenvalue weighted by Crippen LogP contribution is 2.35. The van der Waals surface area contributed by atoms with Gasteiger partial charge in [0.25, 0.3) is 0 Å². The second-order valence-electron chi connectivity index (χ2n) is 5.54. The number of hydrogen-bond acceptors (Lipinski definition) is 5. The van der Waals surface area contributed by atoms with Crippen molar-refractivity contribution in [2.24, 2.45) is 0 Å². The van der Waals surface area contributed by atoms with Crippen LogP contribution in [0.15, 0.2) is 18.2 Å². The molecule has 8 heteroatoms. The number of rotatable bonds is 1. The Labute approximate surface area is 131 Å². The van der Waals surface area contributed by atoms with E-state index in [1.807, 2.05) is 24.0 Å². The molecule has 5 nitrogen and oxygen atoms in total. The third-order valence-corrected chi connectivity index (χ3v) is 6.97. The van der Waals surface area contributed by atoms with Gasteiger partial charge < -0.3 is 5.32 Å². The molecule has 2 saturated heterocycles. The Morgan fingerprint density at radius 1 is 1.43 bits per heavy atom. The van der Waals surface area contributed by atoms with Crippen LogP contribution < -0.4 is 10.2 Å². The minimum atomic E-state index is -2.99. The normalized spacial score (nSPS) is 27.1. The fourth-order valence-electron chi connectivity index (χ4n) is 2.95. The molecule has 1 N–H and O–H groups in total.